The van der Waals surface area contributed by atoms with Gasteiger partial charge in [0.25, 0.3) is 0 Å². The van der Waals surface area contributed by atoms with Crippen molar-refractivity contribution < 1.29 is 28.4 Å². The maximum atomic E-state index is 5.52. The van der Waals surface area contributed by atoms with Gasteiger partial charge in [0.1, 0.15) is 0 Å². The summed E-state index contributed by atoms with van der Waals surface area (Å²) in [5.41, 5.74) is 5.31. The van der Waals surface area contributed by atoms with Crippen molar-refractivity contribution in [3.8, 4) is 0 Å². The molecule has 0 heterocycles. The summed E-state index contributed by atoms with van der Waals surface area (Å²) >= 11 is 2.42. The maximum Gasteiger partial charge on any atom is 0.0701 e. The maximum absolute atomic E-state index is 5.52. The monoisotopic (exact) mass is 491 g/mol. The lowest BCUT2D eigenvalue weighted by Gasteiger charge is -2.08. The molecule has 8 heteroatoms. The van der Waals surface area contributed by atoms with Crippen LogP contribution in [0.4, 0.5) is 0 Å². The molecule has 0 radical (unpaired) electrons. The molecular weight excluding hydrogens is 453 g/mol. The highest BCUT2D eigenvalue weighted by Crippen LogP contribution is 2.02. The fourth-order valence-electron chi connectivity index (χ4n) is 1.94. The number of rotatable bonds is 23. The van der Waals surface area contributed by atoms with E-state index >= 15 is 0 Å². The van der Waals surface area contributed by atoms with Crippen LogP contribution in [0, 0.1) is 0 Å². The van der Waals surface area contributed by atoms with E-state index in [2.05, 4.69) is 22.6 Å². The number of hydrogen-bond acceptors (Lipinski definition) is 7. The molecule has 7 nitrogen and oxygen atoms in total. The molecule has 0 aliphatic heterocycles. The number of alkyl halides is 1. The molecule has 0 spiro atoms. The van der Waals surface area contributed by atoms with Crippen LogP contribution in [0.25, 0.3) is 0 Å². The minimum atomic E-state index is 0.543. The van der Waals surface area contributed by atoms with Crippen molar-refractivity contribution in [2.24, 2.45) is 5.73 Å². The molecule has 0 unspecified atom stereocenters. The second-order valence-corrected chi connectivity index (χ2v) is 6.64. The second-order valence-electron chi connectivity index (χ2n) is 5.57. The smallest absolute Gasteiger partial charge is 0.0701 e. The Balaban J connectivity index is 2.95. The average molecular weight is 491 g/mol. The van der Waals surface area contributed by atoms with Gasteiger partial charge >= 0.3 is 0 Å². The molecule has 0 rings (SSSR count). The standard InChI is InChI=1S/C18H38INO6/c19-5-3-1-2-4-7-21-9-11-23-13-15-25-17-18-26-16-14-24-12-10-22-8-6-20/h1-18,20H2. The summed E-state index contributed by atoms with van der Waals surface area (Å²) < 4.78 is 33.6. The lowest BCUT2D eigenvalue weighted by molar-refractivity contribution is -0.0165. The zero-order valence-electron chi connectivity index (χ0n) is 16.1. The van der Waals surface area contributed by atoms with E-state index in [0.29, 0.717) is 79.2 Å². The Bertz CT molecular complexity index is 228. The molecule has 0 atom stereocenters. The van der Waals surface area contributed by atoms with Crippen LogP contribution >= 0.6 is 22.6 Å². The van der Waals surface area contributed by atoms with Gasteiger partial charge in [0, 0.05) is 13.2 Å². The minimum Gasteiger partial charge on any atom is -0.379 e. The highest BCUT2D eigenvalue weighted by molar-refractivity contribution is 14.1. The number of ether oxygens (including phenoxy) is 6. The van der Waals surface area contributed by atoms with Crippen molar-refractivity contribution >= 4 is 22.6 Å². The van der Waals surface area contributed by atoms with Gasteiger partial charge in [0.2, 0.25) is 0 Å². The number of hydrogen-bond donors (Lipinski definition) is 1. The van der Waals surface area contributed by atoms with E-state index in [1.807, 2.05) is 0 Å². The zero-order valence-corrected chi connectivity index (χ0v) is 18.3. The molecule has 0 aliphatic rings. The Labute approximate surface area is 172 Å². The van der Waals surface area contributed by atoms with Crippen molar-refractivity contribution in [3.05, 3.63) is 0 Å². The first-order valence-electron chi connectivity index (χ1n) is 9.64. The van der Waals surface area contributed by atoms with Crippen LogP contribution in [0.3, 0.4) is 0 Å². The Morgan fingerprint density at radius 3 is 1.15 bits per heavy atom. The highest BCUT2D eigenvalue weighted by Gasteiger charge is 1.94. The summed E-state index contributed by atoms with van der Waals surface area (Å²) in [6.07, 6.45) is 5.02. The van der Waals surface area contributed by atoms with Gasteiger partial charge in [-0.3, -0.25) is 0 Å². The molecule has 2 N–H and O–H groups in total. The van der Waals surface area contributed by atoms with Gasteiger partial charge in [-0.1, -0.05) is 35.4 Å². The van der Waals surface area contributed by atoms with Crippen LogP contribution in [0.15, 0.2) is 0 Å². The van der Waals surface area contributed by atoms with Crippen LogP contribution in [0.2, 0.25) is 0 Å². The summed E-state index contributed by atoms with van der Waals surface area (Å²) in [5, 5.41) is 0. The summed E-state index contributed by atoms with van der Waals surface area (Å²) in [4.78, 5) is 0. The summed E-state index contributed by atoms with van der Waals surface area (Å²) in [6.45, 7) is 7.80. The Kier molecular flexibility index (Phi) is 25.9. The summed E-state index contributed by atoms with van der Waals surface area (Å²) in [6, 6.07) is 0. The van der Waals surface area contributed by atoms with E-state index in [-0.39, 0.29) is 0 Å². The molecule has 0 amide bonds. The normalized spacial score (nSPS) is 11.3. The van der Waals surface area contributed by atoms with Gasteiger partial charge in [0.15, 0.2) is 0 Å². The van der Waals surface area contributed by atoms with Gasteiger partial charge in [-0.2, -0.15) is 0 Å². The van der Waals surface area contributed by atoms with E-state index in [1.165, 1.54) is 23.7 Å². The Hall–Kier alpha value is 0.450. The van der Waals surface area contributed by atoms with Crippen molar-refractivity contribution in [1.82, 2.24) is 0 Å². The molecule has 26 heavy (non-hydrogen) atoms. The summed E-state index contributed by atoms with van der Waals surface area (Å²) in [7, 11) is 0. The number of nitrogens with two attached hydrogens (primary N) is 1. The first-order chi connectivity index (χ1) is 12.9. The van der Waals surface area contributed by atoms with Gasteiger partial charge in [-0.25, -0.2) is 0 Å². The Morgan fingerprint density at radius 2 is 0.769 bits per heavy atom. The fourth-order valence-corrected chi connectivity index (χ4v) is 2.48. The third-order valence-electron chi connectivity index (χ3n) is 3.29. The van der Waals surface area contributed by atoms with Crippen molar-refractivity contribution in [2.75, 3.05) is 90.3 Å². The molecule has 0 fully saturated rings. The van der Waals surface area contributed by atoms with Gasteiger partial charge in [-0.05, 0) is 17.3 Å². The molecule has 0 aromatic carbocycles. The van der Waals surface area contributed by atoms with E-state index in [4.69, 9.17) is 34.2 Å². The molecule has 0 aliphatic carbocycles. The van der Waals surface area contributed by atoms with E-state index in [0.717, 1.165) is 13.0 Å². The molecule has 0 aromatic heterocycles. The van der Waals surface area contributed by atoms with Crippen LogP contribution in [0.5, 0.6) is 0 Å². The van der Waals surface area contributed by atoms with Gasteiger partial charge in [0.05, 0.1) is 72.7 Å². The van der Waals surface area contributed by atoms with E-state index in [1.54, 1.807) is 0 Å². The van der Waals surface area contributed by atoms with Crippen LogP contribution < -0.4 is 5.73 Å². The quantitative estimate of drug-likeness (QED) is 0.133. The highest BCUT2D eigenvalue weighted by atomic mass is 127. The first-order valence-corrected chi connectivity index (χ1v) is 11.2. The fraction of sp³-hybridized carbons (Fsp3) is 1.00. The number of halogens is 1. The van der Waals surface area contributed by atoms with Crippen molar-refractivity contribution in [3.63, 3.8) is 0 Å². The predicted molar refractivity (Wildman–Crippen MR) is 111 cm³/mol. The van der Waals surface area contributed by atoms with Crippen LogP contribution in [-0.2, 0) is 28.4 Å². The van der Waals surface area contributed by atoms with Gasteiger partial charge < -0.3 is 34.2 Å². The molecule has 158 valence electrons. The second kappa shape index (κ2) is 25.4. The predicted octanol–water partition coefficient (Wildman–Crippen LogP) is 2.04. The SMILES string of the molecule is NCCOCCOCCOCCOCCOCCOCCCCCCI. The van der Waals surface area contributed by atoms with Crippen molar-refractivity contribution in [1.29, 1.82) is 0 Å². The Morgan fingerprint density at radius 1 is 0.423 bits per heavy atom. The molecule has 0 bridgehead atoms. The molecule has 0 aromatic rings. The van der Waals surface area contributed by atoms with Gasteiger partial charge in [-0.15, -0.1) is 0 Å². The summed E-state index contributed by atoms with van der Waals surface area (Å²) in [5.74, 6) is 0. The van der Waals surface area contributed by atoms with Crippen LogP contribution in [0.1, 0.15) is 25.7 Å². The molecule has 0 saturated carbocycles. The largest absolute Gasteiger partial charge is 0.379 e. The topological polar surface area (TPSA) is 81.4 Å². The lowest BCUT2D eigenvalue weighted by atomic mass is 10.2. The minimum absolute atomic E-state index is 0.543. The van der Waals surface area contributed by atoms with Crippen LogP contribution in [-0.4, -0.2) is 90.3 Å². The third-order valence-corrected chi connectivity index (χ3v) is 4.06. The lowest BCUT2D eigenvalue weighted by Crippen LogP contribution is -2.15. The average Bonchev–Trinajstić information content (AvgIpc) is 2.66. The zero-order chi connectivity index (χ0) is 19.0. The number of unbranched alkanes of at least 4 members (excludes halogenated alkanes) is 3. The van der Waals surface area contributed by atoms with E-state index in [9.17, 15) is 0 Å². The van der Waals surface area contributed by atoms with Crippen molar-refractivity contribution in [2.45, 2.75) is 25.7 Å². The van der Waals surface area contributed by atoms with E-state index < -0.39 is 0 Å². The third kappa shape index (κ3) is 24.5. The molecule has 0 saturated heterocycles. The first kappa shape index (κ1) is 26.4. The molecular formula is C18H38INO6.